The number of hydrogen-bond acceptors (Lipinski definition) is 4. The van der Waals surface area contributed by atoms with E-state index >= 15 is 0 Å². The summed E-state index contributed by atoms with van der Waals surface area (Å²) in [6.45, 7) is 12.1. The van der Waals surface area contributed by atoms with Crippen molar-refractivity contribution < 1.29 is 29.3 Å². The number of carbonyl (C=O) groups excluding carboxylic acids is 1. The molecule has 0 bridgehead atoms. The Kier molecular flexibility index (Phi) is 18.0. The van der Waals surface area contributed by atoms with Crippen LogP contribution in [0.3, 0.4) is 0 Å². The van der Waals surface area contributed by atoms with E-state index in [9.17, 15) is 14.4 Å². The SMILES string of the molecule is CC(C(=O)O)C(C)C(=O)O.CCC(C)Cl.CCC(C)OC(C)=O. The number of ether oxygens (including phenoxy) is 1. The van der Waals surface area contributed by atoms with E-state index in [0.29, 0.717) is 5.38 Å². The maximum Gasteiger partial charge on any atom is 0.307 e. The fourth-order valence-corrected chi connectivity index (χ4v) is 0.794. The van der Waals surface area contributed by atoms with Gasteiger partial charge in [0, 0.05) is 12.3 Å². The molecule has 0 spiro atoms. The minimum absolute atomic E-state index is 0.0764. The molecule has 0 aliphatic heterocycles. The molecule has 0 aliphatic rings. The molecule has 138 valence electrons. The van der Waals surface area contributed by atoms with Crippen LogP contribution in [0.4, 0.5) is 0 Å². The third-order valence-electron chi connectivity index (χ3n) is 3.03. The smallest absolute Gasteiger partial charge is 0.307 e. The van der Waals surface area contributed by atoms with Crippen molar-refractivity contribution in [2.75, 3.05) is 0 Å². The summed E-state index contributed by atoms with van der Waals surface area (Å²) >= 11 is 5.46. The van der Waals surface area contributed by atoms with Gasteiger partial charge in [-0.2, -0.15) is 0 Å². The number of aliphatic carboxylic acids is 2. The maximum atomic E-state index is 10.2. The van der Waals surface area contributed by atoms with Crippen molar-refractivity contribution in [3.8, 4) is 0 Å². The predicted molar refractivity (Wildman–Crippen MR) is 90.7 cm³/mol. The Morgan fingerprint density at radius 1 is 0.913 bits per heavy atom. The lowest BCUT2D eigenvalue weighted by molar-refractivity contribution is -0.152. The highest BCUT2D eigenvalue weighted by atomic mass is 35.5. The maximum absolute atomic E-state index is 10.2. The molecule has 0 aromatic rings. The van der Waals surface area contributed by atoms with Crippen LogP contribution in [0.1, 0.15) is 61.3 Å². The van der Waals surface area contributed by atoms with Gasteiger partial charge in [0.2, 0.25) is 0 Å². The molecular weight excluding hydrogens is 324 g/mol. The second kappa shape index (κ2) is 15.6. The largest absolute Gasteiger partial charge is 0.481 e. The van der Waals surface area contributed by atoms with Crippen LogP contribution in [0.25, 0.3) is 0 Å². The number of halogens is 1. The molecule has 0 heterocycles. The first-order chi connectivity index (χ1) is 10.4. The molecule has 0 aromatic carbocycles. The van der Waals surface area contributed by atoms with Gasteiger partial charge in [-0.25, -0.2) is 0 Å². The first-order valence-electron chi connectivity index (χ1n) is 7.67. The van der Waals surface area contributed by atoms with Gasteiger partial charge in [-0.3, -0.25) is 14.4 Å². The topological polar surface area (TPSA) is 101 Å². The second-order valence-electron chi connectivity index (χ2n) is 5.27. The minimum atomic E-state index is -1.07. The summed E-state index contributed by atoms with van der Waals surface area (Å²) in [5, 5.41) is 17.0. The molecule has 7 heteroatoms. The Labute approximate surface area is 144 Å². The van der Waals surface area contributed by atoms with Gasteiger partial charge >= 0.3 is 17.9 Å². The normalized spacial score (nSPS) is 14.6. The molecule has 0 amide bonds. The molecule has 0 radical (unpaired) electrons. The second-order valence-corrected chi connectivity index (χ2v) is 6.02. The van der Waals surface area contributed by atoms with Gasteiger partial charge in [0.15, 0.2) is 0 Å². The number of carboxylic acids is 2. The van der Waals surface area contributed by atoms with E-state index in [-0.39, 0.29) is 12.1 Å². The highest BCUT2D eigenvalue weighted by molar-refractivity contribution is 6.20. The Hall–Kier alpha value is -1.30. The monoisotopic (exact) mass is 354 g/mol. The van der Waals surface area contributed by atoms with Gasteiger partial charge in [0.1, 0.15) is 0 Å². The number of rotatable bonds is 6. The number of carbonyl (C=O) groups is 3. The first kappa shape index (κ1) is 26.6. The fraction of sp³-hybridized carbons (Fsp3) is 0.812. The van der Waals surface area contributed by atoms with Gasteiger partial charge in [-0.05, 0) is 26.7 Å². The van der Waals surface area contributed by atoms with Gasteiger partial charge in [0.25, 0.3) is 0 Å². The highest BCUT2D eigenvalue weighted by Gasteiger charge is 2.24. The molecule has 23 heavy (non-hydrogen) atoms. The first-order valence-corrected chi connectivity index (χ1v) is 8.10. The summed E-state index contributed by atoms with van der Waals surface area (Å²) < 4.78 is 4.76. The summed E-state index contributed by atoms with van der Waals surface area (Å²) in [4.78, 5) is 30.6. The van der Waals surface area contributed by atoms with E-state index in [2.05, 4.69) is 6.92 Å². The number of alkyl halides is 1. The Balaban J connectivity index is -0.000000276. The van der Waals surface area contributed by atoms with Crippen LogP contribution < -0.4 is 0 Å². The zero-order valence-electron chi connectivity index (χ0n) is 15.1. The average Bonchev–Trinajstić information content (AvgIpc) is 2.45. The molecule has 4 unspecified atom stereocenters. The van der Waals surface area contributed by atoms with E-state index < -0.39 is 23.8 Å². The number of carboxylic acid groups (broad SMARTS) is 2. The highest BCUT2D eigenvalue weighted by Crippen LogP contribution is 2.10. The van der Waals surface area contributed by atoms with Crippen LogP contribution in [-0.4, -0.2) is 39.6 Å². The van der Waals surface area contributed by atoms with Gasteiger partial charge in [0.05, 0.1) is 17.9 Å². The van der Waals surface area contributed by atoms with E-state index in [1.54, 1.807) is 0 Å². The fourth-order valence-electron chi connectivity index (χ4n) is 0.794. The number of esters is 1. The Morgan fingerprint density at radius 2 is 1.22 bits per heavy atom. The van der Waals surface area contributed by atoms with Crippen molar-refractivity contribution in [2.24, 2.45) is 11.8 Å². The van der Waals surface area contributed by atoms with Crippen molar-refractivity contribution in [1.29, 1.82) is 0 Å². The zero-order chi connectivity index (χ0) is 19.2. The van der Waals surface area contributed by atoms with Gasteiger partial charge in [-0.15, -0.1) is 11.6 Å². The zero-order valence-corrected chi connectivity index (χ0v) is 15.9. The van der Waals surface area contributed by atoms with Crippen LogP contribution in [0.15, 0.2) is 0 Å². The quantitative estimate of drug-likeness (QED) is 0.555. The van der Waals surface area contributed by atoms with Crippen LogP contribution in [0.5, 0.6) is 0 Å². The Bertz CT molecular complexity index is 325. The minimum Gasteiger partial charge on any atom is -0.481 e. The van der Waals surface area contributed by atoms with Crippen molar-refractivity contribution in [3.63, 3.8) is 0 Å². The molecule has 0 saturated heterocycles. The van der Waals surface area contributed by atoms with Crippen LogP contribution >= 0.6 is 11.6 Å². The van der Waals surface area contributed by atoms with Crippen LogP contribution in [-0.2, 0) is 19.1 Å². The molecular formula is C16H31ClO6. The van der Waals surface area contributed by atoms with Gasteiger partial charge < -0.3 is 14.9 Å². The van der Waals surface area contributed by atoms with E-state index in [1.807, 2.05) is 20.8 Å². The van der Waals surface area contributed by atoms with Crippen LogP contribution in [0, 0.1) is 11.8 Å². The van der Waals surface area contributed by atoms with Crippen LogP contribution in [0.2, 0.25) is 0 Å². The third-order valence-corrected chi connectivity index (χ3v) is 3.34. The van der Waals surface area contributed by atoms with Crippen molar-refractivity contribution in [3.05, 3.63) is 0 Å². The summed E-state index contributed by atoms with van der Waals surface area (Å²) in [7, 11) is 0. The predicted octanol–water partition coefficient (Wildman–Crippen LogP) is 3.80. The van der Waals surface area contributed by atoms with E-state index in [1.165, 1.54) is 20.8 Å². The lowest BCUT2D eigenvalue weighted by atomic mass is 9.97. The molecule has 4 atom stereocenters. The summed E-state index contributed by atoms with van der Waals surface area (Å²) in [5.41, 5.74) is 0. The summed E-state index contributed by atoms with van der Waals surface area (Å²) in [6, 6.07) is 0. The lowest BCUT2D eigenvalue weighted by Crippen LogP contribution is -2.24. The Morgan fingerprint density at radius 3 is 1.30 bits per heavy atom. The van der Waals surface area contributed by atoms with E-state index in [0.717, 1.165) is 12.8 Å². The molecule has 0 saturated carbocycles. The van der Waals surface area contributed by atoms with E-state index in [4.69, 9.17) is 26.6 Å². The molecule has 0 aromatic heterocycles. The standard InChI is InChI=1S/C6H10O4.C6H12O2.C4H9Cl/c1-3(5(7)8)4(2)6(9)10;1-4-5(2)8-6(3)7;1-3-4(2)5/h3-4H,1-2H3,(H,7,8)(H,9,10);5H,4H2,1-3H3;4H,3H2,1-2H3. The molecule has 6 nitrogen and oxygen atoms in total. The molecule has 0 fully saturated rings. The van der Waals surface area contributed by atoms with Crippen molar-refractivity contribution >= 4 is 29.5 Å². The average molecular weight is 355 g/mol. The number of hydrogen-bond donors (Lipinski definition) is 2. The molecule has 0 rings (SSSR count). The lowest BCUT2D eigenvalue weighted by Gasteiger charge is -2.09. The summed E-state index contributed by atoms with van der Waals surface area (Å²) in [6.07, 6.45) is 2.04. The van der Waals surface area contributed by atoms with Gasteiger partial charge in [-0.1, -0.05) is 27.7 Å². The summed E-state index contributed by atoms with van der Waals surface area (Å²) in [5.74, 6) is -3.99. The molecule has 2 N–H and O–H groups in total. The molecule has 0 aliphatic carbocycles. The third kappa shape index (κ3) is 20.7. The van der Waals surface area contributed by atoms with Crippen molar-refractivity contribution in [1.82, 2.24) is 0 Å². The van der Waals surface area contributed by atoms with Crippen molar-refractivity contribution in [2.45, 2.75) is 72.8 Å².